The summed E-state index contributed by atoms with van der Waals surface area (Å²) in [6.45, 7) is 40.9. The third kappa shape index (κ3) is 28.9. The Bertz CT molecular complexity index is 5730. The minimum Gasteiger partial charge on any atom is -0.399 e. The summed E-state index contributed by atoms with van der Waals surface area (Å²) in [5, 5.41) is 29.1. The lowest BCUT2D eigenvalue weighted by Crippen LogP contribution is -2.44. The molecule has 1 heterocycles. The first-order chi connectivity index (χ1) is 65.1. The van der Waals surface area contributed by atoms with E-state index in [4.69, 9.17) is 51.6 Å². The minimum absolute atomic E-state index is 0.731. The van der Waals surface area contributed by atoms with Gasteiger partial charge in [0.2, 0.25) is 0 Å². The summed E-state index contributed by atoms with van der Waals surface area (Å²) in [4.78, 5) is 4.80. The molecule has 21 N–H and O–H groups in total. The molecule has 0 radical (unpaired) electrons. The highest BCUT2D eigenvalue weighted by Crippen LogP contribution is 2.45. The van der Waals surface area contributed by atoms with Gasteiger partial charge in [-0.25, -0.2) is 0 Å². The first-order valence-electron chi connectivity index (χ1n) is 49.2. The molecule has 0 aromatic heterocycles. The summed E-state index contributed by atoms with van der Waals surface area (Å²) in [5.41, 5.74) is 74.6. The van der Waals surface area contributed by atoms with Gasteiger partial charge in [0.15, 0.2) is 0 Å². The third-order valence-corrected chi connectivity index (χ3v) is 26.3. The van der Waals surface area contributed by atoms with Crippen molar-refractivity contribution in [2.24, 2.45) is 5.73 Å². The minimum atomic E-state index is 0.731. The number of nitrogen functional groups attached to an aromatic ring is 8. The van der Waals surface area contributed by atoms with Crippen LogP contribution in [0.5, 0.6) is 0 Å². The molecule has 0 saturated carbocycles. The molecule has 712 valence electrons. The van der Waals surface area contributed by atoms with E-state index in [1.165, 1.54) is 281 Å². The Balaban J connectivity index is 0.000000164. The predicted molar refractivity (Wildman–Crippen MR) is 598 cm³/mol. The topological polar surface area (TPSA) is 277 Å². The number of unbranched alkanes of at least 4 members (excludes halogenated alkanes) is 4. The van der Waals surface area contributed by atoms with Gasteiger partial charge in [-0.15, -0.1) is 0 Å². The average molecular weight is 1810 g/mol. The first-order valence-corrected chi connectivity index (χ1v) is 49.2. The van der Waals surface area contributed by atoms with Crippen molar-refractivity contribution in [2.45, 2.75) is 121 Å². The number of fused-ring (bicyclic) bond motifs is 12. The van der Waals surface area contributed by atoms with Crippen LogP contribution in [0.25, 0.3) is 131 Å². The summed E-state index contributed by atoms with van der Waals surface area (Å²) in [5.74, 6) is 0. The van der Waals surface area contributed by atoms with E-state index in [1.54, 1.807) is 0 Å². The fourth-order valence-electron chi connectivity index (χ4n) is 18.1. The molecule has 0 atom stereocenters. The normalized spacial score (nSPS) is 12.0. The van der Waals surface area contributed by atoms with Crippen molar-refractivity contribution in [2.75, 3.05) is 186 Å². The summed E-state index contributed by atoms with van der Waals surface area (Å²) < 4.78 is 2.40. The molecule has 17 rings (SSSR count). The zero-order valence-electron chi connectivity index (χ0n) is 83.9. The van der Waals surface area contributed by atoms with Crippen LogP contribution in [0.1, 0.15) is 115 Å². The van der Waals surface area contributed by atoms with Crippen molar-refractivity contribution in [3.63, 3.8) is 0 Å². The molecule has 1 saturated heterocycles. The zero-order valence-corrected chi connectivity index (χ0v) is 83.9. The van der Waals surface area contributed by atoms with E-state index in [2.05, 4.69) is 324 Å². The van der Waals surface area contributed by atoms with E-state index in [1.807, 2.05) is 72.8 Å². The fraction of sp³-hybridized carbons (Fsp3) is 0.328. The molecule has 0 aliphatic carbocycles. The van der Waals surface area contributed by atoms with Gasteiger partial charge in [0.1, 0.15) is 0 Å². The van der Waals surface area contributed by atoms with E-state index in [9.17, 15) is 0 Å². The lowest BCUT2D eigenvalue weighted by Gasteiger charge is -2.31. The van der Waals surface area contributed by atoms with Crippen molar-refractivity contribution in [1.82, 2.24) is 25.8 Å². The lowest BCUT2D eigenvalue weighted by atomic mass is 9.88. The molecule has 16 aromatic rings. The quantitative estimate of drug-likeness (QED) is 0.0104. The summed E-state index contributed by atoms with van der Waals surface area (Å²) >= 11 is 0. The number of hydrogen-bond donors (Lipinski definition) is 12. The number of nitrogens with one attached hydrogen (secondary N) is 3. The molecular weight excluding hydrogens is 1650 g/mol. The number of anilines is 8. The third-order valence-electron chi connectivity index (χ3n) is 26.3. The zero-order chi connectivity index (χ0) is 97.1. The first kappa shape index (κ1) is 105. The smallest absolute Gasteiger partial charge is 0.0911 e. The van der Waals surface area contributed by atoms with Crippen LogP contribution >= 0.6 is 0 Å². The van der Waals surface area contributed by atoms with E-state index in [0.29, 0.717) is 0 Å². The molecular formula is C119H158N16+2. The van der Waals surface area contributed by atoms with E-state index in [0.717, 1.165) is 82.7 Å². The Morgan fingerprint density at radius 2 is 0.563 bits per heavy atom. The molecule has 1 aliphatic rings. The molecule has 16 nitrogen and oxygen atoms in total. The highest BCUT2D eigenvalue weighted by Gasteiger charge is 2.21. The largest absolute Gasteiger partial charge is 0.399 e. The predicted octanol–water partition coefficient (Wildman–Crippen LogP) is 24.8. The number of rotatable bonds is 26. The molecule has 1 aliphatic heterocycles. The number of benzene rings is 16. The van der Waals surface area contributed by atoms with Crippen LogP contribution in [0.3, 0.4) is 0 Å². The van der Waals surface area contributed by atoms with Crippen LogP contribution in [0.15, 0.2) is 267 Å². The van der Waals surface area contributed by atoms with Gasteiger partial charge < -0.3 is 86.3 Å². The highest BCUT2D eigenvalue weighted by molar-refractivity contribution is 6.21. The molecule has 135 heavy (non-hydrogen) atoms. The van der Waals surface area contributed by atoms with Gasteiger partial charge in [-0.2, -0.15) is 0 Å². The number of nitrogens with zero attached hydrogens (tertiary/aromatic N) is 4. The van der Waals surface area contributed by atoms with E-state index >= 15 is 0 Å². The van der Waals surface area contributed by atoms with Gasteiger partial charge >= 0.3 is 0 Å². The van der Waals surface area contributed by atoms with Crippen molar-refractivity contribution >= 4 is 132 Å². The fourth-order valence-corrected chi connectivity index (χ4v) is 18.1. The molecule has 16 aromatic carbocycles. The van der Waals surface area contributed by atoms with E-state index < -0.39 is 0 Å². The maximum atomic E-state index is 6.07. The summed E-state index contributed by atoms with van der Waals surface area (Å²) in [6, 6.07) is 90.8. The van der Waals surface area contributed by atoms with Gasteiger partial charge in [0.25, 0.3) is 0 Å². The number of likely N-dealkylation sites (N-methyl/N-ethyl adjacent to an activating group) is 2. The van der Waals surface area contributed by atoms with E-state index in [-0.39, 0.29) is 0 Å². The Morgan fingerprint density at radius 1 is 0.304 bits per heavy atom. The Morgan fingerprint density at radius 3 is 0.822 bits per heavy atom. The monoisotopic (exact) mass is 1810 g/mol. The van der Waals surface area contributed by atoms with Crippen LogP contribution in [-0.2, 0) is 0 Å². The van der Waals surface area contributed by atoms with Gasteiger partial charge in [-0.1, -0.05) is 223 Å². The number of hydrogen-bond acceptors (Lipinski definition) is 14. The Kier molecular flexibility index (Phi) is 40.3. The highest BCUT2D eigenvalue weighted by atomic mass is 15.3. The van der Waals surface area contributed by atoms with Gasteiger partial charge in [-0.3, -0.25) is 0 Å². The molecule has 0 spiro atoms. The average Bonchev–Trinajstić information content (AvgIpc) is 0.759. The number of quaternary nitrogens is 2. The summed E-state index contributed by atoms with van der Waals surface area (Å²) in [6.07, 6.45) is 10.6. The van der Waals surface area contributed by atoms with Crippen LogP contribution in [-0.4, -0.2) is 159 Å². The van der Waals surface area contributed by atoms with Gasteiger partial charge in [0, 0.05) is 104 Å². The van der Waals surface area contributed by atoms with Gasteiger partial charge in [-0.05, 0) is 344 Å². The van der Waals surface area contributed by atoms with Crippen molar-refractivity contribution in [3.8, 4) is 44.5 Å². The van der Waals surface area contributed by atoms with Crippen LogP contribution in [0.4, 0.5) is 45.5 Å². The van der Waals surface area contributed by atoms with Crippen molar-refractivity contribution in [1.29, 1.82) is 0 Å². The molecule has 0 unspecified atom stereocenters. The SMILES string of the molecule is CCCCN1CCNCC1.CCCCNCCNCCN.CCCC[N+](C)(C)CCN(C)C.CCCC[N+](C)(CC)CC.Cc1c(-c2ccccc2)c2cc(N)ccc2c2ccc(N)cc12.Cc1c(-c2ccccc2)c2cc(N)ccc2c2ccc(N)cc12.Cc1c(-c2ccccc2)c2cc(N)ccc2c2ccc(N)cc12.Cc1c(-c2ccccc2)c2cc(N)ccc2c2ccc(N)cc12. The van der Waals surface area contributed by atoms with Crippen LogP contribution in [0.2, 0.25) is 0 Å². The standard InChI is InChI=1S/4C21H18N2.C10H25N2.C9H22N.C8H21N3.C8H18N2/c4*1-13-19-11-15(22)7-9-17(19)18-10-8-16(23)12-20(18)21(13)14-5-3-2-4-6-14;1-6-7-9-12(4,5)10-8-11(2)3;1-5-8-9-10(4,6-2)7-3;1-2-3-5-10-7-8-11-6-4-9;1-2-3-6-10-7-4-9-5-8-10/h4*2-12H,22-23H2,1H3;6-10H2,1-5H3;5-9H2,1-4H3;10-11H,2-9H2,1H3;9H,2-8H2,1H3/q;;;;2*+1;;. The number of aryl methyl sites for hydroxylation is 4. The second-order valence-corrected chi connectivity index (χ2v) is 37.4. The van der Waals surface area contributed by atoms with Crippen LogP contribution < -0.4 is 67.6 Å². The second-order valence-electron chi connectivity index (χ2n) is 37.4. The molecule has 0 bridgehead atoms. The maximum Gasteiger partial charge on any atom is 0.0911 e. The van der Waals surface area contributed by atoms with Crippen molar-refractivity contribution in [3.05, 3.63) is 289 Å². The van der Waals surface area contributed by atoms with Crippen molar-refractivity contribution < 1.29 is 8.97 Å². The Labute approximate surface area is 807 Å². The lowest BCUT2D eigenvalue weighted by molar-refractivity contribution is -0.906. The number of nitrogens with two attached hydrogens (primary N) is 9. The second kappa shape index (κ2) is 52.0. The van der Waals surface area contributed by atoms with Crippen LogP contribution in [0, 0.1) is 27.7 Å². The number of piperazine rings is 1. The Hall–Kier alpha value is -12.3. The molecule has 1 fully saturated rings. The molecule has 16 heteroatoms. The summed E-state index contributed by atoms with van der Waals surface area (Å²) in [7, 11) is 11.3. The molecule has 0 amide bonds. The van der Waals surface area contributed by atoms with Gasteiger partial charge in [0.05, 0.1) is 53.9 Å². The maximum absolute atomic E-state index is 6.07.